The third-order valence-electron chi connectivity index (χ3n) is 3.71. The molecule has 2 heterocycles. The Morgan fingerprint density at radius 1 is 1.23 bits per heavy atom. The van der Waals surface area contributed by atoms with Crippen LogP contribution >= 0.6 is 11.6 Å². The second kappa shape index (κ2) is 6.84. The molecular formula is C18H16ClFN4O2. The predicted molar refractivity (Wildman–Crippen MR) is 94.2 cm³/mol. The van der Waals surface area contributed by atoms with Crippen molar-refractivity contribution >= 4 is 17.5 Å². The van der Waals surface area contributed by atoms with E-state index in [-0.39, 0.29) is 10.7 Å². The summed E-state index contributed by atoms with van der Waals surface area (Å²) in [7, 11) is 0. The van der Waals surface area contributed by atoms with Crippen LogP contribution in [0.3, 0.4) is 0 Å². The largest absolute Gasteiger partial charge is 0.340 e. The summed E-state index contributed by atoms with van der Waals surface area (Å²) in [6.07, 6.45) is 0. The molecule has 0 unspecified atom stereocenters. The molecule has 0 radical (unpaired) electrons. The first-order valence-electron chi connectivity index (χ1n) is 7.82. The standard InChI is InChI=1S/C18H16ClFN4O2/c1-10-21-17(24-26-10)18(2,3)23-16(25)15-6-4-5-14(22-15)11-7-8-13(20)12(19)9-11/h4-9H,1-3H3,(H,23,25). The van der Waals surface area contributed by atoms with Gasteiger partial charge in [0.15, 0.2) is 5.82 Å². The quantitative estimate of drug-likeness (QED) is 0.749. The summed E-state index contributed by atoms with van der Waals surface area (Å²) in [5, 5.41) is 6.67. The number of hydrogen-bond acceptors (Lipinski definition) is 5. The fourth-order valence-electron chi connectivity index (χ4n) is 2.33. The second-order valence-corrected chi connectivity index (χ2v) is 6.66. The molecular weight excluding hydrogens is 359 g/mol. The van der Waals surface area contributed by atoms with Crippen molar-refractivity contribution in [1.82, 2.24) is 20.4 Å². The minimum atomic E-state index is -0.842. The monoisotopic (exact) mass is 374 g/mol. The van der Waals surface area contributed by atoms with E-state index in [1.54, 1.807) is 45.0 Å². The van der Waals surface area contributed by atoms with Crippen molar-refractivity contribution in [1.29, 1.82) is 0 Å². The summed E-state index contributed by atoms with van der Waals surface area (Å²) in [5.41, 5.74) is 0.481. The van der Waals surface area contributed by atoms with E-state index in [9.17, 15) is 9.18 Å². The van der Waals surface area contributed by atoms with Crippen molar-refractivity contribution in [3.63, 3.8) is 0 Å². The molecule has 26 heavy (non-hydrogen) atoms. The van der Waals surface area contributed by atoms with Crippen molar-refractivity contribution in [3.8, 4) is 11.3 Å². The smallest absolute Gasteiger partial charge is 0.270 e. The third-order valence-corrected chi connectivity index (χ3v) is 4.00. The first-order valence-corrected chi connectivity index (χ1v) is 8.20. The van der Waals surface area contributed by atoms with Gasteiger partial charge in [-0.1, -0.05) is 22.8 Å². The average molecular weight is 375 g/mol. The molecule has 134 valence electrons. The Kier molecular flexibility index (Phi) is 4.73. The van der Waals surface area contributed by atoms with Crippen LogP contribution in [0.25, 0.3) is 11.3 Å². The Morgan fingerprint density at radius 2 is 2.00 bits per heavy atom. The highest BCUT2D eigenvalue weighted by Crippen LogP contribution is 2.24. The summed E-state index contributed by atoms with van der Waals surface area (Å²) in [6, 6.07) is 9.27. The molecule has 0 saturated carbocycles. The minimum Gasteiger partial charge on any atom is -0.340 e. The molecule has 3 rings (SSSR count). The maximum Gasteiger partial charge on any atom is 0.270 e. The van der Waals surface area contributed by atoms with E-state index in [0.717, 1.165) is 0 Å². The predicted octanol–water partition coefficient (Wildman–Crippen LogP) is 3.90. The number of nitrogens with one attached hydrogen (secondary N) is 1. The maximum atomic E-state index is 13.3. The van der Waals surface area contributed by atoms with Crippen molar-refractivity contribution in [2.75, 3.05) is 0 Å². The van der Waals surface area contributed by atoms with Crippen LogP contribution in [-0.2, 0) is 5.54 Å². The van der Waals surface area contributed by atoms with Crippen LogP contribution in [0.2, 0.25) is 5.02 Å². The fraction of sp³-hybridized carbons (Fsp3) is 0.222. The molecule has 6 nitrogen and oxygen atoms in total. The molecule has 0 fully saturated rings. The Morgan fingerprint density at radius 3 is 2.65 bits per heavy atom. The highest BCUT2D eigenvalue weighted by molar-refractivity contribution is 6.31. The average Bonchev–Trinajstić information content (AvgIpc) is 3.04. The second-order valence-electron chi connectivity index (χ2n) is 6.25. The Bertz CT molecular complexity index is 971. The number of aryl methyl sites for hydroxylation is 1. The lowest BCUT2D eigenvalue weighted by Crippen LogP contribution is -2.42. The van der Waals surface area contributed by atoms with Gasteiger partial charge in [-0.05, 0) is 44.2 Å². The number of carbonyl (C=O) groups excluding carboxylic acids is 1. The zero-order valence-electron chi connectivity index (χ0n) is 14.4. The molecule has 0 bridgehead atoms. The van der Waals surface area contributed by atoms with Gasteiger partial charge in [0, 0.05) is 12.5 Å². The zero-order chi connectivity index (χ0) is 18.9. The summed E-state index contributed by atoms with van der Waals surface area (Å²) in [4.78, 5) is 21.1. The molecule has 1 N–H and O–H groups in total. The fourth-order valence-corrected chi connectivity index (χ4v) is 2.51. The molecule has 3 aromatic rings. The van der Waals surface area contributed by atoms with Crippen molar-refractivity contribution in [2.45, 2.75) is 26.3 Å². The van der Waals surface area contributed by atoms with Crippen LogP contribution in [0.5, 0.6) is 0 Å². The number of benzene rings is 1. The van der Waals surface area contributed by atoms with Gasteiger partial charge in [-0.2, -0.15) is 4.98 Å². The van der Waals surface area contributed by atoms with E-state index in [4.69, 9.17) is 16.1 Å². The number of pyridine rings is 1. The third kappa shape index (κ3) is 3.72. The van der Waals surface area contributed by atoms with Gasteiger partial charge in [-0.15, -0.1) is 0 Å². The van der Waals surface area contributed by atoms with Crippen LogP contribution in [0.4, 0.5) is 4.39 Å². The van der Waals surface area contributed by atoms with Gasteiger partial charge in [-0.25, -0.2) is 9.37 Å². The van der Waals surface area contributed by atoms with Gasteiger partial charge in [0.25, 0.3) is 5.91 Å². The summed E-state index contributed by atoms with van der Waals surface area (Å²) < 4.78 is 18.3. The van der Waals surface area contributed by atoms with Gasteiger partial charge < -0.3 is 9.84 Å². The molecule has 1 amide bonds. The normalized spacial score (nSPS) is 11.4. The van der Waals surface area contributed by atoms with E-state index in [1.807, 2.05) is 0 Å². The van der Waals surface area contributed by atoms with Crippen LogP contribution < -0.4 is 5.32 Å². The van der Waals surface area contributed by atoms with Gasteiger partial charge in [0.1, 0.15) is 11.5 Å². The molecule has 0 aliphatic carbocycles. The number of rotatable bonds is 4. The molecule has 1 aromatic carbocycles. The first-order chi connectivity index (χ1) is 12.3. The van der Waals surface area contributed by atoms with E-state index in [0.29, 0.717) is 23.0 Å². The topological polar surface area (TPSA) is 80.9 Å². The number of nitrogens with zero attached hydrogens (tertiary/aromatic N) is 3. The molecule has 2 aromatic heterocycles. The SMILES string of the molecule is Cc1nc(C(C)(C)NC(=O)c2cccc(-c3ccc(F)c(Cl)c3)n2)no1. The number of hydrogen-bond donors (Lipinski definition) is 1. The number of amides is 1. The zero-order valence-corrected chi connectivity index (χ0v) is 15.1. The number of carbonyl (C=O) groups is 1. The highest BCUT2D eigenvalue weighted by atomic mass is 35.5. The van der Waals surface area contributed by atoms with E-state index >= 15 is 0 Å². The lowest BCUT2D eigenvalue weighted by molar-refractivity contribution is 0.0902. The van der Waals surface area contributed by atoms with Crippen LogP contribution in [0, 0.1) is 12.7 Å². The van der Waals surface area contributed by atoms with E-state index < -0.39 is 17.3 Å². The highest BCUT2D eigenvalue weighted by Gasteiger charge is 2.29. The minimum absolute atomic E-state index is 0.00670. The molecule has 8 heteroatoms. The van der Waals surface area contributed by atoms with Gasteiger partial charge in [0.2, 0.25) is 5.89 Å². The van der Waals surface area contributed by atoms with Gasteiger partial charge >= 0.3 is 0 Å². The van der Waals surface area contributed by atoms with Crippen molar-refractivity contribution < 1.29 is 13.7 Å². The maximum absolute atomic E-state index is 13.3. The molecule has 0 aliphatic heterocycles. The molecule has 0 aliphatic rings. The van der Waals surface area contributed by atoms with Crippen LogP contribution in [0.15, 0.2) is 40.9 Å². The number of aromatic nitrogens is 3. The van der Waals surface area contributed by atoms with Crippen LogP contribution in [-0.4, -0.2) is 21.0 Å². The van der Waals surface area contributed by atoms with Gasteiger partial charge in [-0.3, -0.25) is 4.79 Å². The molecule has 0 atom stereocenters. The molecule has 0 saturated heterocycles. The summed E-state index contributed by atoms with van der Waals surface area (Å²) >= 11 is 5.82. The lowest BCUT2D eigenvalue weighted by atomic mass is 10.0. The summed E-state index contributed by atoms with van der Waals surface area (Å²) in [6.45, 7) is 5.20. The molecule has 0 spiro atoms. The summed E-state index contributed by atoms with van der Waals surface area (Å²) in [5.74, 6) is -0.130. The van der Waals surface area contributed by atoms with Crippen LogP contribution in [0.1, 0.15) is 36.1 Å². The first kappa shape index (κ1) is 18.0. The van der Waals surface area contributed by atoms with E-state index in [2.05, 4.69) is 20.4 Å². The van der Waals surface area contributed by atoms with Crippen molar-refractivity contribution in [3.05, 3.63) is 64.6 Å². The number of halogens is 2. The Balaban J connectivity index is 1.85. The Hall–Kier alpha value is -2.80. The lowest BCUT2D eigenvalue weighted by Gasteiger charge is -2.22. The van der Waals surface area contributed by atoms with Crippen molar-refractivity contribution in [2.24, 2.45) is 0 Å². The van der Waals surface area contributed by atoms with E-state index in [1.165, 1.54) is 12.1 Å². The Labute approximate surface area is 154 Å². The van der Waals surface area contributed by atoms with Gasteiger partial charge in [0.05, 0.1) is 16.3 Å².